The van der Waals surface area contributed by atoms with E-state index in [1.54, 1.807) is 0 Å². The van der Waals surface area contributed by atoms with Gasteiger partial charge in [0.1, 0.15) is 0 Å². The van der Waals surface area contributed by atoms with Gasteiger partial charge in [-0.1, -0.05) is 17.7 Å². The van der Waals surface area contributed by atoms with Crippen molar-refractivity contribution in [1.29, 1.82) is 0 Å². The molecule has 0 saturated carbocycles. The fraction of sp³-hybridized carbons (Fsp3) is 0.533. The fourth-order valence-corrected chi connectivity index (χ4v) is 2.82. The number of ether oxygens (including phenoxy) is 1. The summed E-state index contributed by atoms with van der Waals surface area (Å²) in [6.07, 6.45) is 0.556. The third-order valence-corrected chi connectivity index (χ3v) is 3.91. The summed E-state index contributed by atoms with van der Waals surface area (Å²) < 4.78 is 5.34. The second kappa shape index (κ2) is 5.31. The molecule has 19 heavy (non-hydrogen) atoms. The van der Waals surface area contributed by atoms with Crippen LogP contribution in [-0.2, 0) is 16.0 Å². The third-order valence-electron chi connectivity index (χ3n) is 3.91. The molecule has 0 spiro atoms. The molecule has 0 aliphatic carbocycles. The van der Waals surface area contributed by atoms with Crippen molar-refractivity contribution in [3.8, 4) is 0 Å². The quantitative estimate of drug-likeness (QED) is 0.819. The van der Waals surface area contributed by atoms with Crippen LogP contribution in [0.2, 0.25) is 0 Å². The molecule has 1 amide bonds. The van der Waals surface area contributed by atoms with E-state index >= 15 is 0 Å². The van der Waals surface area contributed by atoms with Crippen molar-refractivity contribution in [3.05, 3.63) is 29.3 Å². The highest BCUT2D eigenvalue weighted by molar-refractivity contribution is 6.01. The van der Waals surface area contributed by atoms with Gasteiger partial charge in [0.25, 0.3) is 0 Å². The first-order chi connectivity index (χ1) is 9.24. The summed E-state index contributed by atoms with van der Waals surface area (Å²) in [7, 11) is 0. The van der Waals surface area contributed by atoms with Gasteiger partial charge in [-0.3, -0.25) is 9.69 Å². The molecule has 102 valence electrons. The number of rotatable bonds is 3. The van der Waals surface area contributed by atoms with Crippen molar-refractivity contribution in [2.24, 2.45) is 0 Å². The van der Waals surface area contributed by atoms with Crippen molar-refractivity contribution in [3.63, 3.8) is 0 Å². The Morgan fingerprint density at radius 1 is 1.21 bits per heavy atom. The van der Waals surface area contributed by atoms with Crippen LogP contribution in [0.3, 0.4) is 0 Å². The second-order valence-electron chi connectivity index (χ2n) is 5.31. The predicted octanol–water partition coefficient (Wildman–Crippen LogP) is 1.22. The first kappa shape index (κ1) is 12.6. The van der Waals surface area contributed by atoms with Gasteiger partial charge in [0.05, 0.1) is 19.6 Å². The van der Waals surface area contributed by atoms with Gasteiger partial charge in [-0.25, -0.2) is 0 Å². The van der Waals surface area contributed by atoms with Crippen molar-refractivity contribution in [2.75, 3.05) is 44.3 Å². The van der Waals surface area contributed by atoms with E-state index in [2.05, 4.69) is 30.0 Å². The number of aryl methyl sites for hydroxylation is 1. The van der Waals surface area contributed by atoms with E-state index in [9.17, 15) is 4.79 Å². The minimum absolute atomic E-state index is 0.230. The topological polar surface area (TPSA) is 32.8 Å². The molecular weight excluding hydrogens is 240 g/mol. The molecule has 2 aliphatic heterocycles. The van der Waals surface area contributed by atoms with Gasteiger partial charge in [0, 0.05) is 31.9 Å². The van der Waals surface area contributed by atoms with Gasteiger partial charge in [0.2, 0.25) is 5.91 Å². The lowest BCUT2D eigenvalue weighted by atomic mass is 10.1. The average molecular weight is 260 g/mol. The lowest BCUT2D eigenvalue weighted by Gasteiger charge is -2.28. The molecule has 0 aromatic heterocycles. The minimum Gasteiger partial charge on any atom is -0.379 e. The Bertz CT molecular complexity index is 481. The van der Waals surface area contributed by atoms with Gasteiger partial charge < -0.3 is 9.64 Å². The minimum atomic E-state index is 0.230. The fourth-order valence-electron chi connectivity index (χ4n) is 2.82. The van der Waals surface area contributed by atoms with Crippen LogP contribution < -0.4 is 4.90 Å². The van der Waals surface area contributed by atoms with Gasteiger partial charge in [0.15, 0.2) is 0 Å². The molecule has 2 aliphatic rings. The molecule has 3 rings (SSSR count). The standard InChI is InChI=1S/C15H20N2O2/c1-12-2-3-14-13(10-12)11-15(18)17(14)5-4-16-6-8-19-9-7-16/h2-3,10H,4-9,11H2,1H3. The molecule has 0 N–H and O–H groups in total. The lowest BCUT2D eigenvalue weighted by molar-refractivity contribution is -0.117. The monoisotopic (exact) mass is 260 g/mol. The Kier molecular flexibility index (Phi) is 3.53. The summed E-state index contributed by atoms with van der Waals surface area (Å²) in [6.45, 7) is 7.36. The van der Waals surface area contributed by atoms with E-state index in [0.29, 0.717) is 6.42 Å². The molecule has 4 nitrogen and oxygen atoms in total. The molecule has 0 unspecified atom stereocenters. The van der Waals surface area contributed by atoms with Gasteiger partial charge >= 0.3 is 0 Å². The number of carbonyl (C=O) groups excluding carboxylic acids is 1. The van der Waals surface area contributed by atoms with Crippen molar-refractivity contribution >= 4 is 11.6 Å². The number of hydrogen-bond acceptors (Lipinski definition) is 3. The number of benzene rings is 1. The van der Waals surface area contributed by atoms with Gasteiger partial charge in [-0.2, -0.15) is 0 Å². The van der Waals surface area contributed by atoms with Crippen LogP contribution in [0.25, 0.3) is 0 Å². The first-order valence-electron chi connectivity index (χ1n) is 6.94. The molecule has 1 saturated heterocycles. The maximum atomic E-state index is 12.1. The van der Waals surface area contributed by atoms with Crippen LogP contribution >= 0.6 is 0 Å². The van der Waals surface area contributed by atoms with E-state index in [4.69, 9.17) is 4.74 Å². The molecule has 0 radical (unpaired) electrons. The van der Waals surface area contributed by atoms with Crippen LogP contribution in [0, 0.1) is 6.92 Å². The number of hydrogen-bond donors (Lipinski definition) is 0. The summed E-state index contributed by atoms with van der Waals surface area (Å²) >= 11 is 0. The lowest BCUT2D eigenvalue weighted by Crippen LogP contribution is -2.42. The van der Waals surface area contributed by atoms with Crippen molar-refractivity contribution < 1.29 is 9.53 Å². The highest BCUT2D eigenvalue weighted by Crippen LogP contribution is 2.29. The summed E-state index contributed by atoms with van der Waals surface area (Å²) in [5.41, 5.74) is 3.50. The Hall–Kier alpha value is -1.39. The molecule has 0 bridgehead atoms. The summed E-state index contributed by atoms with van der Waals surface area (Å²) in [5.74, 6) is 0.230. The molecule has 4 heteroatoms. The Morgan fingerprint density at radius 3 is 2.79 bits per heavy atom. The van der Waals surface area contributed by atoms with E-state index in [0.717, 1.165) is 45.1 Å². The zero-order chi connectivity index (χ0) is 13.2. The zero-order valence-electron chi connectivity index (χ0n) is 11.4. The smallest absolute Gasteiger partial charge is 0.231 e. The van der Waals surface area contributed by atoms with Crippen molar-refractivity contribution in [1.82, 2.24) is 4.90 Å². The Balaban J connectivity index is 1.66. The van der Waals surface area contributed by atoms with Crippen molar-refractivity contribution in [2.45, 2.75) is 13.3 Å². The zero-order valence-corrected chi connectivity index (χ0v) is 11.4. The normalized spacial score (nSPS) is 19.8. The highest BCUT2D eigenvalue weighted by atomic mass is 16.5. The van der Waals surface area contributed by atoms with E-state index < -0.39 is 0 Å². The molecular formula is C15H20N2O2. The van der Waals surface area contributed by atoms with Gasteiger partial charge in [-0.15, -0.1) is 0 Å². The average Bonchev–Trinajstić information content (AvgIpc) is 2.72. The Labute approximate surface area is 113 Å². The number of morpholine rings is 1. The maximum absolute atomic E-state index is 12.1. The number of fused-ring (bicyclic) bond motifs is 1. The highest BCUT2D eigenvalue weighted by Gasteiger charge is 2.27. The third kappa shape index (κ3) is 2.65. The molecule has 0 atom stereocenters. The maximum Gasteiger partial charge on any atom is 0.231 e. The summed E-state index contributed by atoms with van der Waals surface area (Å²) in [5, 5.41) is 0. The summed E-state index contributed by atoms with van der Waals surface area (Å²) in [4.78, 5) is 16.4. The van der Waals surface area contributed by atoms with Gasteiger partial charge in [-0.05, 0) is 18.6 Å². The summed E-state index contributed by atoms with van der Waals surface area (Å²) in [6, 6.07) is 6.29. The molecule has 1 aromatic rings. The van der Waals surface area contributed by atoms with E-state index in [1.165, 1.54) is 11.1 Å². The number of nitrogens with zero attached hydrogens (tertiary/aromatic N) is 2. The number of carbonyl (C=O) groups is 1. The second-order valence-corrected chi connectivity index (χ2v) is 5.31. The first-order valence-corrected chi connectivity index (χ1v) is 6.94. The number of anilines is 1. The largest absolute Gasteiger partial charge is 0.379 e. The molecule has 1 aromatic carbocycles. The van der Waals surface area contributed by atoms with E-state index in [1.807, 2.05) is 4.90 Å². The van der Waals surface area contributed by atoms with Crippen LogP contribution in [-0.4, -0.2) is 50.2 Å². The molecule has 2 heterocycles. The molecule has 1 fully saturated rings. The van der Waals surface area contributed by atoms with Crippen LogP contribution in [0.5, 0.6) is 0 Å². The number of amides is 1. The van der Waals surface area contributed by atoms with Crippen LogP contribution in [0.15, 0.2) is 18.2 Å². The van der Waals surface area contributed by atoms with E-state index in [-0.39, 0.29) is 5.91 Å². The van der Waals surface area contributed by atoms with Crippen LogP contribution in [0.4, 0.5) is 5.69 Å². The SMILES string of the molecule is Cc1ccc2c(c1)CC(=O)N2CCN1CCOCC1. The predicted molar refractivity (Wildman–Crippen MR) is 74.5 cm³/mol. The van der Waals surface area contributed by atoms with Crippen LogP contribution in [0.1, 0.15) is 11.1 Å². The Morgan fingerprint density at radius 2 is 2.00 bits per heavy atom.